The molecule has 0 aromatic rings. The van der Waals surface area contributed by atoms with E-state index in [1.165, 1.54) is 12.8 Å². The quantitative estimate of drug-likeness (QED) is 0.690. The summed E-state index contributed by atoms with van der Waals surface area (Å²) in [6.45, 7) is 2.08. The number of fused-ring (bicyclic) bond motifs is 2. The SMILES string of the molecule is CN1C2CCC1CN(CC(=O)O)CC2. The van der Waals surface area contributed by atoms with Gasteiger partial charge in [-0.15, -0.1) is 0 Å². The van der Waals surface area contributed by atoms with E-state index >= 15 is 0 Å². The number of nitrogens with zero attached hydrogens (tertiary/aromatic N) is 2. The van der Waals surface area contributed by atoms with Crippen molar-refractivity contribution < 1.29 is 9.90 Å². The average Bonchev–Trinajstić information content (AvgIpc) is 2.33. The number of carbonyl (C=O) groups is 1. The molecule has 0 aromatic carbocycles. The average molecular weight is 198 g/mol. The maximum atomic E-state index is 10.6. The first-order chi connectivity index (χ1) is 6.66. The van der Waals surface area contributed by atoms with Crippen LogP contribution >= 0.6 is 0 Å². The number of carboxylic acid groups (broad SMARTS) is 1. The van der Waals surface area contributed by atoms with E-state index in [-0.39, 0.29) is 6.54 Å². The van der Waals surface area contributed by atoms with Crippen LogP contribution in [-0.4, -0.2) is 59.6 Å². The second-order valence-electron chi connectivity index (χ2n) is 4.47. The molecule has 0 saturated carbocycles. The molecular formula is C10H18N2O2. The fourth-order valence-electron chi connectivity index (χ4n) is 2.71. The van der Waals surface area contributed by atoms with Crippen molar-refractivity contribution >= 4 is 5.97 Å². The zero-order valence-corrected chi connectivity index (χ0v) is 8.65. The Hall–Kier alpha value is -0.610. The van der Waals surface area contributed by atoms with E-state index in [0.717, 1.165) is 19.5 Å². The van der Waals surface area contributed by atoms with Crippen LogP contribution in [0.15, 0.2) is 0 Å². The number of hydrogen-bond acceptors (Lipinski definition) is 3. The first-order valence-corrected chi connectivity index (χ1v) is 5.33. The lowest BCUT2D eigenvalue weighted by Gasteiger charge is -2.24. The van der Waals surface area contributed by atoms with Crippen LogP contribution in [0.1, 0.15) is 19.3 Å². The summed E-state index contributed by atoms with van der Waals surface area (Å²) in [5.74, 6) is -0.703. The van der Waals surface area contributed by atoms with Gasteiger partial charge in [-0.05, 0) is 26.3 Å². The highest BCUT2D eigenvalue weighted by molar-refractivity contribution is 5.69. The van der Waals surface area contributed by atoms with Gasteiger partial charge < -0.3 is 5.11 Å². The molecule has 80 valence electrons. The smallest absolute Gasteiger partial charge is 0.317 e. The van der Waals surface area contributed by atoms with E-state index in [4.69, 9.17) is 5.11 Å². The van der Waals surface area contributed by atoms with Crippen LogP contribution in [-0.2, 0) is 4.79 Å². The van der Waals surface area contributed by atoms with Crippen LogP contribution < -0.4 is 0 Å². The van der Waals surface area contributed by atoms with E-state index in [1.54, 1.807) is 0 Å². The molecule has 2 rings (SSSR count). The van der Waals surface area contributed by atoms with Gasteiger partial charge in [0.25, 0.3) is 0 Å². The van der Waals surface area contributed by atoms with Crippen molar-refractivity contribution in [1.82, 2.24) is 9.80 Å². The zero-order chi connectivity index (χ0) is 10.1. The summed E-state index contributed by atoms with van der Waals surface area (Å²) < 4.78 is 0. The van der Waals surface area contributed by atoms with Gasteiger partial charge in [-0.25, -0.2) is 0 Å². The molecule has 2 saturated heterocycles. The van der Waals surface area contributed by atoms with Crippen LogP contribution in [0.3, 0.4) is 0 Å². The van der Waals surface area contributed by atoms with Gasteiger partial charge in [0, 0.05) is 25.2 Å². The molecule has 4 nitrogen and oxygen atoms in total. The van der Waals surface area contributed by atoms with Crippen LogP contribution in [0.4, 0.5) is 0 Å². The molecule has 2 aliphatic rings. The lowest BCUT2D eigenvalue weighted by Crippen LogP contribution is -2.38. The lowest BCUT2D eigenvalue weighted by atomic mass is 10.1. The topological polar surface area (TPSA) is 43.8 Å². The van der Waals surface area contributed by atoms with Gasteiger partial charge in [-0.3, -0.25) is 14.6 Å². The first kappa shape index (κ1) is 9.93. The van der Waals surface area contributed by atoms with Crippen LogP contribution in [0, 0.1) is 0 Å². The molecule has 2 atom stereocenters. The number of rotatable bonds is 2. The number of likely N-dealkylation sites (tertiary alicyclic amines) is 1. The van der Waals surface area contributed by atoms with Crippen LogP contribution in [0.5, 0.6) is 0 Å². The van der Waals surface area contributed by atoms with E-state index in [0.29, 0.717) is 12.1 Å². The maximum absolute atomic E-state index is 10.6. The van der Waals surface area contributed by atoms with E-state index < -0.39 is 5.97 Å². The van der Waals surface area contributed by atoms with Gasteiger partial charge in [0.15, 0.2) is 0 Å². The third-order valence-electron chi connectivity index (χ3n) is 3.59. The Kier molecular flexibility index (Phi) is 2.74. The van der Waals surface area contributed by atoms with E-state index in [9.17, 15) is 4.79 Å². The van der Waals surface area contributed by atoms with Crippen molar-refractivity contribution in [3.63, 3.8) is 0 Å². The molecule has 4 heteroatoms. The molecule has 0 spiro atoms. The first-order valence-electron chi connectivity index (χ1n) is 5.33. The highest BCUT2D eigenvalue weighted by Crippen LogP contribution is 2.28. The monoisotopic (exact) mass is 198 g/mol. The van der Waals surface area contributed by atoms with E-state index in [2.05, 4.69) is 16.8 Å². The standard InChI is InChI=1S/C10H18N2O2/c1-11-8-2-3-9(11)6-12(5-4-8)7-10(13)14/h8-9H,2-7H2,1H3,(H,13,14). The number of likely N-dealkylation sites (N-methyl/N-ethyl adjacent to an activating group) is 1. The van der Waals surface area contributed by atoms with Crippen LogP contribution in [0.2, 0.25) is 0 Å². The Labute approximate surface area is 84.5 Å². The Morgan fingerprint density at radius 2 is 2.07 bits per heavy atom. The minimum absolute atomic E-state index is 0.205. The Balaban J connectivity index is 1.96. The van der Waals surface area contributed by atoms with Crippen molar-refractivity contribution in [2.24, 2.45) is 0 Å². The highest BCUT2D eigenvalue weighted by atomic mass is 16.4. The highest BCUT2D eigenvalue weighted by Gasteiger charge is 2.34. The van der Waals surface area contributed by atoms with Crippen molar-refractivity contribution in [2.45, 2.75) is 31.3 Å². The Morgan fingerprint density at radius 1 is 1.36 bits per heavy atom. The second-order valence-corrected chi connectivity index (χ2v) is 4.47. The summed E-state index contributed by atoms with van der Waals surface area (Å²) in [5, 5.41) is 8.74. The molecule has 2 fully saturated rings. The Bertz CT molecular complexity index is 232. The van der Waals surface area contributed by atoms with Crippen LogP contribution in [0.25, 0.3) is 0 Å². The zero-order valence-electron chi connectivity index (χ0n) is 8.65. The van der Waals surface area contributed by atoms with Gasteiger partial charge >= 0.3 is 5.97 Å². The molecule has 14 heavy (non-hydrogen) atoms. The van der Waals surface area contributed by atoms with Gasteiger partial charge in [-0.1, -0.05) is 0 Å². The third kappa shape index (κ3) is 1.91. The van der Waals surface area contributed by atoms with Crippen molar-refractivity contribution in [1.29, 1.82) is 0 Å². The molecule has 0 radical (unpaired) electrons. The number of carboxylic acids is 1. The summed E-state index contributed by atoms with van der Waals surface area (Å²) in [7, 11) is 2.17. The van der Waals surface area contributed by atoms with Crippen molar-refractivity contribution in [2.75, 3.05) is 26.7 Å². The van der Waals surface area contributed by atoms with Crippen molar-refractivity contribution in [3.05, 3.63) is 0 Å². The summed E-state index contributed by atoms with van der Waals surface area (Å²) in [5.41, 5.74) is 0. The lowest BCUT2D eigenvalue weighted by molar-refractivity contribution is -0.138. The molecule has 2 unspecified atom stereocenters. The van der Waals surface area contributed by atoms with Crippen molar-refractivity contribution in [3.8, 4) is 0 Å². The minimum Gasteiger partial charge on any atom is -0.480 e. The normalized spacial score (nSPS) is 34.4. The molecule has 2 bridgehead atoms. The molecule has 1 N–H and O–H groups in total. The largest absolute Gasteiger partial charge is 0.480 e. The molecule has 0 aliphatic carbocycles. The minimum atomic E-state index is -0.703. The molecule has 2 heterocycles. The van der Waals surface area contributed by atoms with Gasteiger partial charge in [0.2, 0.25) is 0 Å². The number of aliphatic carboxylic acids is 1. The third-order valence-corrected chi connectivity index (χ3v) is 3.59. The summed E-state index contributed by atoms with van der Waals surface area (Å²) in [4.78, 5) is 15.1. The summed E-state index contributed by atoms with van der Waals surface area (Å²) in [6, 6.07) is 1.28. The Morgan fingerprint density at radius 3 is 2.79 bits per heavy atom. The molecule has 2 aliphatic heterocycles. The molecular weight excluding hydrogens is 180 g/mol. The molecule has 0 amide bonds. The molecule has 0 aromatic heterocycles. The van der Waals surface area contributed by atoms with Gasteiger partial charge in [-0.2, -0.15) is 0 Å². The predicted molar refractivity (Wildman–Crippen MR) is 53.3 cm³/mol. The summed E-state index contributed by atoms with van der Waals surface area (Å²) >= 11 is 0. The maximum Gasteiger partial charge on any atom is 0.317 e. The van der Waals surface area contributed by atoms with Gasteiger partial charge in [0.1, 0.15) is 0 Å². The van der Waals surface area contributed by atoms with E-state index in [1.807, 2.05) is 0 Å². The second kappa shape index (κ2) is 3.87. The summed E-state index contributed by atoms with van der Waals surface area (Å²) in [6.07, 6.45) is 3.65. The predicted octanol–water partition coefficient (Wildman–Crippen LogP) is 0.239. The van der Waals surface area contributed by atoms with Gasteiger partial charge in [0.05, 0.1) is 6.54 Å². The fourth-order valence-corrected chi connectivity index (χ4v) is 2.71. The number of hydrogen-bond donors (Lipinski definition) is 1. The fraction of sp³-hybridized carbons (Fsp3) is 0.900.